The molecule has 1 heteroatoms. The normalized spacial score (nSPS) is 11.3. The fourth-order valence-electron chi connectivity index (χ4n) is 6.37. The van der Waals surface area contributed by atoms with Crippen molar-refractivity contribution in [1.29, 1.82) is 0 Å². The lowest BCUT2D eigenvalue weighted by Crippen LogP contribution is -2.05. The van der Waals surface area contributed by atoms with Crippen molar-refractivity contribution in [2.75, 3.05) is 0 Å². The average Bonchev–Trinajstić information content (AvgIpc) is 3.02. The molecule has 0 amide bonds. The first-order valence-corrected chi connectivity index (χ1v) is 14.3. The number of aldehydes is 1. The molecule has 0 radical (unpaired) electrons. The van der Waals surface area contributed by atoms with E-state index in [-0.39, 0.29) is 0 Å². The van der Waals surface area contributed by atoms with Crippen molar-refractivity contribution in [3.8, 4) is 0 Å². The number of carbonyl (C=O) groups excluding carboxylic acids is 1. The zero-order valence-corrected chi connectivity index (χ0v) is 22.9. The zero-order chi connectivity index (χ0) is 27.6. The van der Waals surface area contributed by atoms with E-state index in [1.54, 1.807) is 0 Å². The fraction of sp³-hybridized carbons (Fsp3) is 0.0750. The van der Waals surface area contributed by atoms with Gasteiger partial charge in [-0.2, -0.15) is 0 Å². The van der Waals surface area contributed by atoms with Crippen LogP contribution in [0.15, 0.2) is 140 Å². The minimum Gasteiger partial charge on any atom is -0.298 e. The number of carbonyl (C=O) groups is 1. The molecule has 0 aliphatic carbocycles. The van der Waals surface area contributed by atoms with Crippen LogP contribution in [0.3, 0.4) is 0 Å². The molecule has 7 aromatic rings. The van der Waals surface area contributed by atoms with Gasteiger partial charge in [0.15, 0.2) is 6.29 Å². The van der Waals surface area contributed by atoms with Crippen LogP contribution in [0.25, 0.3) is 32.3 Å². The van der Waals surface area contributed by atoms with Crippen molar-refractivity contribution in [2.24, 2.45) is 0 Å². The minimum atomic E-state index is 0.710. The molecule has 0 aliphatic heterocycles. The Hall–Kier alpha value is -5.01. The molecule has 0 heterocycles. The van der Waals surface area contributed by atoms with Gasteiger partial charge < -0.3 is 0 Å². The Balaban J connectivity index is 1.38. The van der Waals surface area contributed by atoms with E-state index in [2.05, 4.69) is 140 Å². The van der Waals surface area contributed by atoms with Crippen molar-refractivity contribution in [2.45, 2.75) is 19.3 Å². The molecule has 7 aromatic carbocycles. The summed E-state index contributed by atoms with van der Waals surface area (Å²) in [6.07, 6.45) is 3.30. The van der Waals surface area contributed by atoms with Crippen LogP contribution in [0.5, 0.6) is 0 Å². The van der Waals surface area contributed by atoms with E-state index in [4.69, 9.17) is 0 Å². The van der Waals surface area contributed by atoms with Gasteiger partial charge in [-0.15, -0.1) is 0 Å². The second-order valence-electron chi connectivity index (χ2n) is 10.9. The molecule has 41 heavy (non-hydrogen) atoms. The Bertz CT molecular complexity index is 1930. The Morgan fingerprint density at radius 3 is 1.17 bits per heavy atom. The van der Waals surface area contributed by atoms with Crippen LogP contribution in [-0.4, -0.2) is 6.29 Å². The molecule has 0 aromatic heterocycles. The summed E-state index contributed by atoms with van der Waals surface area (Å²) in [6, 6.07) is 49.6. The predicted octanol–water partition coefficient (Wildman–Crippen LogP) is 9.73. The van der Waals surface area contributed by atoms with E-state index < -0.39 is 0 Å². The molecule has 0 aliphatic rings. The van der Waals surface area contributed by atoms with Crippen LogP contribution in [0.1, 0.15) is 43.7 Å². The van der Waals surface area contributed by atoms with Crippen LogP contribution in [0.2, 0.25) is 0 Å². The number of fused-ring (bicyclic) bond motifs is 3. The van der Waals surface area contributed by atoms with Gasteiger partial charge in [-0.1, -0.05) is 140 Å². The molecule has 1 nitrogen and oxygen atoms in total. The van der Waals surface area contributed by atoms with Gasteiger partial charge in [0.2, 0.25) is 0 Å². The monoisotopic (exact) mass is 526 g/mol. The average molecular weight is 527 g/mol. The summed E-state index contributed by atoms with van der Waals surface area (Å²) in [4.78, 5) is 12.8. The third-order valence-corrected chi connectivity index (χ3v) is 8.33. The fourth-order valence-corrected chi connectivity index (χ4v) is 6.37. The summed E-state index contributed by atoms with van der Waals surface area (Å²) >= 11 is 0. The molecule has 0 saturated heterocycles. The van der Waals surface area contributed by atoms with Gasteiger partial charge in [-0.05, 0) is 85.0 Å². The number of hydrogen-bond acceptors (Lipinski definition) is 1. The molecular formula is C40H30O. The highest BCUT2D eigenvalue weighted by Gasteiger charge is 2.15. The van der Waals surface area contributed by atoms with Crippen LogP contribution in [0.4, 0.5) is 0 Å². The van der Waals surface area contributed by atoms with E-state index >= 15 is 0 Å². The zero-order valence-electron chi connectivity index (χ0n) is 22.9. The van der Waals surface area contributed by atoms with Crippen molar-refractivity contribution in [1.82, 2.24) is 0 Å². The van der Waals surface area contributed by atoms with E-state index in [0.717, 1.165) is 29.4 Å². The standard InChI is InChI=1S/C40H30O/c41-27-40-35(25-33-17-8-14-30-11-2-5-20-38(30)33)23-28(22-32-16-7-13-29-10-1-4-19-37(29)32)24-36(40)26-34-18-9-15-31-12-3-6-21-39(31)34/h1-21,23-24,27H,22,25-26H2. The molecule has 0 N–H and O–H groups in total. The topological polar surface area (TPSA) is 17.1 Å². The second-order valence-corrected chi connectivity index (χ2v) is 10.9. The smallest absolute Gasteiger partial charge is 0.150 e. The molecule has 7 rings (SSSR count). The molecule has 0 unspecified atom stereocenters. The summed E-state index contributed by atoms with van der Waals surface area (Å²) in [5.74, 6) is 0. The molecule has 0 atom stereocenters. The Morgan fingerprint density at radius 2 is 0.756 bits per heavy atom. The second kappa shape index (κ2) is 10.9. The van der Waals surface area contributed by atoms with E-state index in [9.17, 15) is 4.79 Å². The van der Waals surface area contributed by atoms with Gasteiger partial charge in [-0.3, -0.25) is 4.79 Å². The third-order valence-electron chi connectivity index (χ3n) is 8.33. The Kier molecular flexibility index (Phi) is 6.62. The lowest BCUT2D eigenvalue weighted by atomic mass is 9.87. The maximum absolute atomic E-state index is 12.8. The van der Waals surface area contributed by atoms with E-state index in [1.807, 2.05) is 0 Å². The van der Waals surface area contributed by atoms with Crippen LogP contribution in [0, 0.1) is 0 Å². The SMILES string of the molecule is O=Cc1c(Cc2cccc3ccccc23)cc(Cc2cccc3ccccc23)cc1Cc1cccc2ccccc12. The summed E-state index contributed by atoms with van der Waals surface area (Å²) in [6.45, 7) is 0. The number of benzene rings is 7. The van der Waals surface area contributed by atoms with Gasteiger partial charge in [0.25, 0.3) is 0 Å². The maximum atomic E-state index is 12.8. The Labute approximate surface area is 240 Å². The van der Waals surface area contributed by atoms with Gasteiger partial charge in [0.1, 0.15) is 0 Å². The van der Waals surface area contributed by atoms with Crippen LogP contribution in [-0.2, 0) is 19.3 Å². The third kappa shape index (κ3) is 4.92. The molecule has 0 saturated carbocycles. The van der Waals surface area contributed by atoms with Gasteiger partial charge in [0.05, 0.1) is 0 Å². The lowest BCUT2D eigenvalue weighted by Gasteiger charge is -2.17. The first-order chi connectivity index (χ1) is 20.3. The number of rotatable bonds is 7. The maximum Gasteiger partial charge on any atom is 0.150 e. The first-order valence-electron chi connectivity index (χ1n) is 14.3. The largest absolute Gasteiger partial charge is 0.298 e. The molecular weight excluding hydrogens is 496 g/mol. The first kappa shape index (κ1) is 25.0. The molecule has 0 spiro atoms. The summed E-state index contributed by atoms with van der Waals surface area (Å²) in [7, 11) is 0. The molecule has 0 bridgehead atoms. The van der Waals surface area contributed by atoms with E-state index in [0.29, 0.717) is 12.8 Å². The molecule has 196 valence electrons. The number of hydrogen-bond donors (Lipinski definition) is 0. The lowest BCUT2D eigenvalue weighted by molar-refractivity contribution is 0.112. The highest BCUT2D eigenvalue weighted by Crippen LogP contribution is 2.30. The van der Waals surface area contributed by atoms with Gasteiger partial charge in [-0.25, -0.2) is 0 Å². The highest BCUT2D eigenvalue weighted by atomic mass is 16.1. The van der Waals surface area contributed by atoms with Crippen LogP contribution >= 0.6 is 0 Å². The Morgan fingerprint density at radius 1 is 0.390 bits per heavy atom. The van der Waals surface area contributed by atoms with Crippen molar-refractivity contribution < 1.29 is 4.79 Å². The van der Waals surface area contributed by atoms with Gasteiger partial charge >= 0.3 is 0 Å². The quantitative estimate of drug-likeness (QED) is 0.189. The summed E-state index contributed by atoms with van der Waals surface area (Å²) in [5.41, 5.74) is 8.00. The van der Waals surface area contributed by atoms with Crippen LogP contribution < -0.4 is 0 Å². The van der Waals surface area contributed by atoms with Crippen molar-refractivity contribution in [3.05, 3.63) is 178 Å². The molecule has 0 fully saturated rings. The van der Waals surface area contributed by atoms with Crippen molar-refractivity contribution >= 4 is 38.6 Å². The predicted molar refractivity (Wildman–Crippen MR) is 172 cm³/mol. The van der Waals surface area contributed by atoms with Gasteiger partial charge in [0, 0.05) is 5.56 Å². The summed E-state index contributed by atoms with van der Waals surface area (Å²) in [5, 5.41) is 7.45. The summed E-state index contributed by atoms with van der Waals surface area (Å²) < 4.78 is 0. The minimum absolute atomic E-state index is 0.710. The van der Waals surface area contributed by atoms with Crippen molar-refractivity contribution in [3.63, 3.8) is 0 Å². The van der Waals surface area contributed by atoms with E-state index in [1.165, 1.54) is 54.6 Å². The highest BCUT2D eigenvalue weighted by molar-refractivity contribution is 5.89.